The third kappa shape index (κ3) is 4.89. The van der Waals surface area contributed by atoms with Crippen molar-refractivity contribution in [1.82, 2.24) is 4.90 Å². The van der Waals surface area contributed by atoms with E-state index in [2.05, 4.69) is 10.2 Å². The molecule has 3 nitrogen and oxygen atoms in total. The van der Waals surface area contributed by atoms with Gasteiger partial charge in [0.25, 0.3) is 0 Å². The maximum atomic E-state index is 13.0. The van der Waals surface area contributed by atoms with Gasteiger partial charge in [-0.05, 0) is 49.2 Å². The number of piperidine rings is 1. The van der Waals surface area contributed by atoms with Crippen molar-refractivity contribution in [2.45, 2.75) is 19.4 Å². The molecular weight excluding hydrogens is 398 g/mol. The van der Waals surface area contributed by atoms with Gasteiger partial charge in [0.15, 0.2) is 0 Å². The summed E-state index contributed by atoms with van der Waals surface area (Å²) in [7, 11) is 0. The number of carbonyl (C=O) groups excluding carboxylic acids is 1. The lowest BCUT2D eigenvalue weighted by Gasteiger charge is -2.32. The molecule has 2 aromatic rings. The number of halogens is 4. The van der Waals surface area contributed by atoms with Crippen molar-refractivity contribution in [3.05, 3.63) is 62.8 Å². The molecule has 1 aliphatic rings. The minimum absolute atomic E-state index is 0.0888. The Labute approximate surface area is 167 Å². The summed E-state index contributed by atoms with van der Waals surface area (Å²) in [4.78, 5) is 14.8. The van der Waals surface area contributed by atoms with Crippen molar-refractivity contribution in [2.75, 3.05) is 18.4 Å². The van der Waals surface area contributed by atoms with Crippen molar-refractivity contribution < 1.29 is 9.18 Å². The predicted molar refractivity (Wildman–Crippen MR) is 105 cm³/mol. The Morgan fingerprint density at radius 2 is 1.81 bits per heavy atom. The number of anilines is 1. The number of nitrogens with one attached hydrogen (secondary N) is 1. The van der Waals surface area contributed by atoms with Crippen molar-refractivity contribution in [3.63, 3.8) is 0 Å². The fourth-order valence-electron chi connectivity index (χ4n) is 3.11. The van der Waals surface area contributed by atoms with E-state index in [0.29, 0.717) is 33.8 Å². The molecule has 0 radical (unpaired) electrons. The number of hydrogen-bond acceptors (Lipinski definition) is 2. The summed E-state index contributed by atoms with van der Waals surface area (Å²) < 4.78 is 13.0. The Morgan fingerprint density at radius 1 is 1.12 bits per heavy atom. The molecule has 1 unspecified atom stereocenters. The van der Waals surface area contributed by atoms with Gasteiger partial charge in [0, 0.05) is 13.1 Å². The third-order valence-corrected chi connectivity index (χ3v) is 5.50. The minimum atomic E-state index is -0.247. The van der Waals surface area contributed by atoms with E-state index < -0.39 is 0 Å². The molecule has 1 N–H and O–H groups in total. The van der Waals surface area contributed by atoms with Gasteiger partial charge in [-0.1, -0.05) is 46.9 Å². The Morgan fingerprint density at radius 3 is 2.54 bits per heavy atom. The Hall–Kier alpha value is -1.33. The average molecular weight is 416 g/mol. The lowest BCUT2D eigenvalue weighted by molar-refractivity contribution is -0.121. The maximum Gasteiger partial charge on any atom is 0.228 e. The highest BCUT2D eigenvalue weighted by atomic mass is 35.5. The molecule has 138 valence electrons. The molecule has 1 amide bonds. The highest BCUT2D eigenvalue weighted by molar-refractivity contribution is 6.44. The predicted octanol–water partition coefficient (Wildman–Crippen LogP) is 5.64. The zero-order valence-corrected chi connectivity index (χ0v) is 16.2. The monoisotopic (exact) mass is 414 g/mol. The van der Waals surface area contributed by atoms with Crippen molar-refractivity contribution in [1.29, 1.82) is 0 Å². The number of likely N-dealkylation sites (tertiary alicyclic amines) is 1. The van der Waals surface area contributed by atoms with E-state index in [9.17, 15) is 9.18 Å². The van der Waals surface area contributed by atoms with E-state index in [1.165, 1.54) is 18.2 Å². The minimum Gasteiger partial charge on any atom is -0.324 e. The normalized spacial score (nSPS) is 17.9. The molecule has 1 saturated heterocycles. The maximum absolute atomic E-state index is 13.0. The van der Waals surface area contributed by atoms with Gasteiger partial charge in [-0.2, -0.15) is 0 Å². The lowest BCUT2D eigenvalue weighted by atomic mass is 9.96. The van der Waals surface area contributed by atoms with Crippen molar-refractivity contribution >= 4 is 46.4 Å². The Bertz CT molecular complexity index is 798. The lowest BCUT2D eigenvalue weighted by Crippen LogP contribution is -2.40. The molecule has 1 heterocycles. The molecule has 1 fully saturated rings. The topological polar surface area (TPSA) is 32.3 Å². The Kier molecular flexibility index (Phi) is 6.41. The third-order valence-electron chi connectivity index (χ3n) is 4.46. The van der Waals surface area contributed by atoms with E-state index in [1.807, 2.05) is 0 Å². The second-order valence-corrected chi connectivity index (χ2v) is 7.66. The molecule has 26 heavy (non-hydrogen) atoms. The summed E-state index contributed by atoms with van der Waals surface area (Å²) in [5, 5.41) is 3.89. The van der Waals surface area contributed by atoms with Crippen LogP contribution in [0.15, 0.2) is 36.4 Å². The number of carbonyl (C=O) groups is 1. The smallest absolute Gasteiger partial charge is 0.228 e. The van der Waals surface area contributed by atoms with Crippen LogP contribution in [-0.2, 0) is 11.3 Å². The number of amides is 1. The summed E-state index contributed by atoms with van der Waals surface area (Å²) in [5.74, 6) is -0.480. The molecule has 0 spiro atoms. The molecule has 2 aromatic carbocycles. The average Bonchev–Trinajstić information content (AvgIpc) is 2.62. The molecule has 0 aromatic heterocycles. The first kappa shape index (κ1) is 19.4. The van der Waals surface area contributed by atoms with Gasteiger partial charge in [-0.3, -0.25) is 9.69 Å². The summed E-state index contributed by atoms with van der Waals surface area (Å²) in [5.41, 5.74) is 1.49. The summed E-state index contributed by atoms with van der Waals surface area (Å²) >= 11 is 18.1. The number of hydrogen-bond donors (Lipinski definition) is 1. The van der Waals surface area contributed by atoms with Crippen molar-refractivity contribution in [2.24, 2.45) is 5.92 Å². The van der Waals surface area contributed by atoms with Crippen LogP contribution >= 0.6 is 34.8 Å². The molecule has 3 rings (SSSR count). The van der Waals surface area contributed by atoms with Crippen LogP contribution in [0.1, 0.15) is 18.4 Å². The SMILES string of the molecule is O=C(Nc1cc(Cl)c(Cl)cc1Cl)C1CCCN(Cc2ccc(F)cc2)C1. The van der Waals surface area contributed by atoms with Crippen LogP contribution in [0.3, 0.4) is 0 Å². The van der Waals surface area contributed by atoms with E-state index in [4.69, 9.17) is 34.8 Å². The zero-order valence-electron chi connectivity index (χ0n) is 13.9. The Balaban J connectivity index is 1.62. The fourth-order valence-corrected chi connectivity index (χ4v) is 3.71. The first-order valence-electron chi connectivity index (χ1n) is 8.34. The standard InChI is InChI=1S/C19H18Cl3FN2O/c20-15-8-17(22)18(9-16(15)21)24-19(26)13-2-1-7-25(11-13)10-12-3-5-14(23)6-4-12/h3-6,8-9,13H,1-2,7,10-11H2,(H,24,26). The number of rotatable bonds is 4. The highest BCUT2D eigenvalue weighted by Crippen LogP contribution is 2.33. The van der Waals surface area contributed by atoms with Gasteiger partial charge in [0.05, 0.1) is 26.7 Å². The van der Waals surface area contributed by atoms with E-state index in [-0.39, 0.29) is 17.6 Å². The molecule has 1 aliphatic heterocycles. The zero-order chi connectivity index (χ0) is 18.7. The van der Waals surface area contributed by atoms with Crippen LogP contribution in [-0.4, -0.2) is 23.9 Å². The summed E-state index contributed by atoms with van der Waals surface area (Å²) in [6, 6.07) is 9.53. The van der Waals surface area contributed by atoms with Gasteiger partial charge in [0.2, 0.25) is 5.91 Å². The van der Waals surface area contributed by atoms with Gasteiger partial charge in [-0.15, -0.1) is 0 Å². The van der Waals surface area contributed by atoms with Gasteiger partial charge < -0.3 is 5.32 Å². The van der Waals surface area contributed by atoms with Crippen LogP contribution in [0.5, 0.6) is 0 Å². The molecule has 1 atom stereocenters. The van der Waals surface area contributed by atoms with E-state index >= 15 is 0 Å². The molecular formula is C19H18Cl3FN2O. The van der Waals surface area contributed by atoms with Crippen LogP contribution in [0.25, 0.3) is 0 Å². The van der Waals surface area contributed by atoms with Gasteiger partial charge in [0.1, 0.15) is 5.82 Å². The fraction of sp³-hybridized carbons (Fsp3) is 0.316. The van der Waals surface area contributed by atoms with E-state index in [0.717, 1.165) is 24.9 Å². The second-order valence-electron chi connectivity index (χ2n) is 6.44. The first-order chi connectivity index (χ1) is 12.4. The molecule has 0 bridgehead atoms. The highest BCUT2D eigenvalue weighted by Gasteiger charge is 2.26. The number of benzene rings is 2. The molecule has 0 aliphatic carbocycles. The van der Waals surface area contributed by atoms with Gasteiger partial charge >= 0.3 is 0 Å². The molecule has 0 saturated carbocycles. The second kappa shape index (κ2) is 8.57. The molecule has 7 heteroatoms. The van der Waals surface area contributed by atoms with Crippen molar-refractivity contribution in [3.8, 4) is 0 Å². The van der Waals surface area contributed by atoms with Crippen LogP contribution < -0.4 is 5.32 Å². The number of nitrogens with zero attached hydrogens (tertiary/aromatic N) is 1. The summed E-state index contributed by atoms with van der Waals surface area (Å²) in [6.07, 6.45) is 1.74. The largest absolute Gasteiger partial charge is 0.324 e. The quantitative estimate of drug-likeness (QED) is 0.656. The first-order valence-corrected chi connectivity index (χ1v) is 9.48. The van der Waals surface area contributed by atoms with Crippen LogP contribution in [0, 0.1) is 11.7 Å². The summed E-state index contributed by atoms with van der Waals surface area (Å²) in [6.45, 7) is 2.24. The van der Waals surface area contributed by atoms with E-state index in [1.54, 1.807) is 18.2 Å². The van der Waals surface area contributed by atoms with Gasteiger partial charge in [-0.25, -0.2) is 4.39 Å². The van der Waals surface area contributed by atoms with Crippen LogP contribution in [0.4, 0.5) is 10.1 Å². The van der Waals surface area contributed by atoms with Crippen LogP contribution in [0.2, 0.25) is 15.1 Å².